The highest BCUT2D eigenvalue weighted by atomic mass is 16.5. The van der Waals surface area contributed by atoms with Crippen LogP contribution in [0, 0.1) is 0 Å². The Kier molecular flexibility index (Phi) is 14.7. The molecular formula is C31H49NO. The Bertz CT molecular complexity index is 782. The van der Waals surface area contributed by atoms with Crippen molar-refractivity contribution in [2.24, 2.45) is 0 Å². The molecule has 0 bridgehead atoms. The predicted molar refractivity (Wildman–Crippen MR) is 146 cm³/mol. The number of hydrogen-bond donors (Lipinski definition) is 1. The Morgan fingerprint density at radius 2 is 1.33 bits per heavy atom. The van der Waals surface area contributed by atoms with Gasteiger partial charge in [0.05, 0.1) is 0 Å². The topological polar surface area (TPSA) is 21.3 Å². The average molecular weight is 452 g/mol. The molecule has 0 fully saturated rings. The summed E-state index contributed by atoms with van der Waals surface area (Å²) in [6, 6.07) is 12.8. The average Bonchev–Trinajstić information content (AvgIpc) is 2.82. The van der Waals surface area contributed by atoms with E-state index in [4.69, 9.17) is 4.74 Å². The zero-order chi connectivity index (χ0) is 23.6. The number of fused-ring (bicyclic) bond motifs is 1. The molecule has 0 radical (unpaired) electrons. The molecule has 0 aliphatic heterocycles. The first-order valence-electron chi connectivity index (χ1n) is 13.7. The summed E-state index contributed by atoms with van der Waals surface area (Å²) < 4.78 is 6.05. The van der Waals surface area contributed by atoms with Gasteiger partial charge < -0.3 is 10.1 Å². The van der Waals surface area contributed by atoms with E-state index in [9.17, 15) is 0 Å². The van der Waals surface area contributed by atoms with Crippen LogP contribution in [0.15, 0.2) is 48.6 Å². The van der Waals surface area contributed by atoms with Gasteiger partial charge in [0.2, 0.25) is 0 Å². The smallest absolute Gasteiger partial charge is 0.124 e. The van der Waals surface area contributed by atoms with Gasteiger partial charge in [-0.15, -0.1) is 0 Å². The minimum atomic E-state index is 0.574. The maximum Gasteiger partial charge on any atom is 0.124 e. The Labute approximate surface area is 204 Å². The molecular weight excluding hydrogens is 402 g/mol. The first-order valence-corrected chi connectivity index (χ1v) is 13.7. The van der Waals surface area contributed by atoms with Gasteiger partial charge in [0.25, 0.3) is 0 Å². The molecule has 1 N–H and O–H groups in total. The molecule has 2 rings (SSSR count). The van der Waals surface area contributed by atoms with Crippen LogP contribution < -0.4 is 10.1 Å². The molecule has 0 saturated carbocycles. The Hall–Kier alpha value is -1.80. The lowest BCUT2D eigenvalue weighted by Crippen LogP contribution is -2.16. The summed E-state index contributed by atoms with van der Waals surface area (Å²) >= 11 is 0. The Balaban J connectivity index is 1.55. The van der Waals surface area contributed by atoms with E-state index < -0.39 is 0 Å². The third-order valence-electron chi connectivity index (χ3n) is 6.48. The summed E-state index contributed by atoms with van der Waals surface area (Å²) in [5, 5.41) is 6.22. The van der Waals surface area contributed by atoms with Gasteiger partial charge in [-0.3, -0.25) is 0 Å². The number of unbranched alkanes of at least 4 members (excludes halogenated alkanes) is 13. The second-order valence-electron chi connectivity index (χ2n) is 9.78. The molecule has 0 amide bonds. The lowest BCUT2D eigenvalue weighted by atomic mass is 10.0. The van der Waals surface area contributed by atoms with Gasteiger partial charge in [-0.25, -0.2) is 0 Å². The molecule has 0 aliphatic rings. The first-order chi connectivity index (χ1) is 16.2. The van der Waals surface area contributed by atoms with Gasteiger partial charge in [-0.05, 0) is 42.3 Å². The fraction of sp³-hybridized carbons (Fsp3) is 0.613. The van der Waals surface area contributed by atoms with E-state index in [1.54, 1.807) is 0 Å². The Morgan fingerprint density at radius 1 is 0.758 bits per heavy atom. The minimum Gasteiger partial charge on any atom is -0.489 e. The van der Waals surface area contributed by atoms with Crippen molar-refractivity contribution in [1.29, 1.82) is 0 Å². The van der Waals surface area contributed by atoms with Crippen molar-refractivity contribution >= 4 is 10.8 Å². The fourth-order valence-corrected chi connectivity index (χ4v) is 4.49. The summed E-state index contributed by atoms with van der Waals surface area (Å²) in [4.78, 5) is 0. The predicted octanol–water partition coefficient (Wildman–Crippen LogP) is 9.37. The van der Waals surface area contributed by atoms with Crippen molar-refractivity contribution in [1.82, 2.24) is 5.32 Å². The quantitative estimate of drug-likeness (QED) is 0.160. The maximum absolute atomic E-state index is 6.05. The van der Waals surface area contributed by atoms with Gasteiger partial charge in [0, 0.05) is 12.1 Å². The molecule has 0 spiro atoms. The van der Waals surface area contributed by atoms with Crippen molar-refractivity contribution in [3.63, 3.8) is 0 Å². The van der Waals surface area contributed by atoms with E-state index in [0.29, 0.717) is 6.61 Å². The van der Waals surface area contributed by atoms with Crippen molar-refractivity contribution in [2.45, 2.75) is 110 Å². The normalized spacial score (nSPS) is 11.2. The van der Waals surface area contributed by atoms with E-state index >= 15 is 0 Å². The highest BCUT2D eigenvalue weighted by Crippen LogP contribution is 2.28. The highest BCUT2D eigenvalue weighted by molar-refractivity contribution is 5.87. The monoisotopic (exact) mass is 451 g/mol. The van der Waals surface area contributed by atoms with Gasteiger partial charge in [-0.1, -0.05) is 127 Å². The summed E-state index contributed by atoms with van der Waals surface area (Å²) in [5.74, 6) is 0.977. The number of hydrogen-bond acceptors (Lipinski definition) is 2. The largest absolute Gasteiger partial charge is 0.489 e. The van der Waals surface area contributed by atoms with E-state index in [-0.39, 0.29) is 0 Å². The molecule has 2 aromatic rings. The summed E-state index contributed by atoms with van der Waals surface area (Å²) in [6.07, 6.45) is 19.7. The zero-order valence-electron chi connectivity index (χ0n) is 21.6. The van der Waals surface area contributed by atoms with Crippen molar-refractivity contribution in [3.8, 4) is 5.75 Å². The molecule has 0 heterocycles. The van der Waals surface area contributed by atoms with Crippen LogP contribution in [0.3, 0.4) is 0 Å². The molecule has 0 saturated heterocycles. The van der Waals surface area contributed by atoms with E-state index in [2.05, 4.69) is 55.2 Å². The van der Waals surface area contributed by atoms with Crippen LogP contribution in [-0.2, 0) is 6.54 Å². The van der Waals surface area contributed by atoms with Crippen LogP contribution in [0.1, 0.15) is 109 Å². The SMILES string of the molecule is C=C(C)COc1ccc2ccccc2c1CNCCCCCCCCCCCCCCCC. The standard InChI is InChI=1S/C31H49NO/c1-4-5-6-7-8-9-10-11-12-13-14-15-16-19-24-32-25-30-29-21-18-17-20-28(29)22-23-31(30)33-26-27(2)3/h17-18,20-23,32H,2,4-16,19,24-26H2,1,3H3. The number of rotatable bonds is 20. The third-order valence-corrected chi connectivity index (χ3v) is 6.48. The molecule has 33 heavy (non-hydrogen) atoms. The molecule has 2 heteroatoms. The van der Waals surface area contributed by atoms with Crippen molar-refractivity contribution < 1.29 is 4.74 Å². The van der Waals surface area contributed by atoms with Crippen LogP contribution in [0.5, 0.6) is 5.75 Å². The number of ether oxygens (including phenoxy) is 1. The van der Waals surface area contributed by atoms with Gasteiger partial charge in [-0.2, -0.15) is 0 Å². The van der Waals surface area contributed by atoms with Crippen LogP contribution >= 0.6 is 0 Å². The fourth-order valence-electron chi connectivity index (χ4n) is 4.49. The second kappa shape index (κ2) is 17.6. The summed E-state index contributed by atoms with van der Waals surface area (Å²) in [5.41, 5.74) is 2.31. The summed E-state index contributed by atoms with van der Waals surface area (Å²) in [6.45, 7) is 10.8. The molecule has 0 aliphatic carbocycles. The molecule has 0 aromatic heterocycles. The van der Waals surface area contributed by atoms with Gasteiger partial charge >= 0.3 is 0 Å². The number of benzene rings is 2. The van der Waals surface area contributed by atoms with E-state index in [0.717, 1.165) is 24.4 Å². The van der Waals surface area contributed by atoms with Crippen molar-refractivity contribution in [2.75, 3.05) is 13.2 Å². The van der Waals surface area contributed by atoms with Crippen LogP contribution in [0.25, 0.3) is 10.8 Å². The summed E-state index contributed by atoms with van der Waals surface area (Å²) in [7, 11) is 0. The van der Waals surface area contributed by atoms with Gasteiger partial charge in [0.15, 0.2) is 0 Å². The highest BCUT2D eigenvalue weighted by Gasteiger charge is 2.09. The van der Waals surface area contributed by atoms with E-state index in [1.807, 2.05) is 6.92 Å². The number of nitrogens with one attached hydrogen (secondary N) is 1. The second-order valence-corrected chi connectivity index (χ2v) is 9.78. The van der Waals surface area contributed by atoms with E-state index in [1.165, 1.54) is 106 Å². The lowest BCUT2D eigenvalue weighted by Gasteiger charge is -2.15. The Morgan fingerprint density at radius 3 is 1.94 bits per heavy atom. The molecule has 0 atom stereocenters. The third kappa shape index (κ3) is 11.8. The minimum absolute atomic E-state index is 0.574. The van der Waals surface area contributed by atoms with Crippen molar-refractivity contribution in [3.05, 3.63) is 54.1 Å². The maximum atomic E-state index is 6.05. The van der Waals surface area contributed by atoms with Crippen LogP contribution in [0.4, 0.5) is 0 Å². The van der Waals surface area contributed by atoms with Gasteiger partial charge in [0.1, 0.15) is 12.4 Å². The molecule has 2 aromatic carbocycles. The zero-order valence-corrected chi connectivity index (χ0v) is 21.6. The lowest BCUT2D eigenvalue weighted by molar-refractivity contribution is 0.348. The molecule has 184 valence electrons. The first kappa shape index (κ1) is 27.4. The molecule has 2 nitrogen and oxygen atoms in total. The van der Waals surface area contributed by atoms with Crippen LogP contribution in [0.2, 0.25) is 0 Å². The van der Waals surface area contributed by atoms with Crippen LogP contribution in [-0.4, -0.2) is 13.2 Å². The molecule has 0 unspecified atom stereocenters.